The van der Waals surface area contributed by atoms with Gasteiger partial charge >= 0.3 is 5.97 Å². The average Bonchev–Trinajstić information content (AvgIpc) is 2.48. The number of carboxylic acid groups (broad SMARTS) is 1. The van der Waals surface area contributed by atoms with Crippen molar-refractivity contribution in [2.75, 3.05) is 0 Å². The first-order valence-electron chi connectivity index (χ1n) is 5.73. The van der Waals surface area contributed by atoms with Gasteiger partial charge in [0.25, 0.3) is 0 Å². The lowest BCUT2D eigenvalue weighted by molar-refractivity contribution is 0.0697. The highest BCUT2D eigenvalue weighted by Crippen LogP contribution is 2.19. The van der Waals surface area contributed by atoms with Gasteiger partial charge < -0.3 is 5.11 Å². The van der Waals surface area contributed by atoms with Crippen LogP contribution in [0.3, 0.4) is 0 Å². The molecule has 0 radical (unpaired) electrons. The number of aromatic nitrogens is 1. The minimum absolute atomic E-state index is 0.0532. The topological polar surface area (TPSA) is 124 Å². The fourth-order valence-electron chi connectivity index (χ4n) is 1.68. The monoisotopic (exact) mass is 271 g/mol. The molecule has 0 aliphatic rings. The van der Waals surface area contributed by atoms with Crippen molar-refractivity contribution in [1.82, 2.24) is 15.9 Å². The summed E-state index contributed by atoms with van der Waals surface area (Å²) in [6, 6.07) is 11.9. The maximum absolute atomic E-state index is 11.2. The van der Waals surface area contributed by atoms with E-state index in [0.717, 1.165) is 5.56 Å². The van der Waals surface area contributed by atoms with Crippen molar-refractivity contribution in [3.63, 3.8) is 0 Å². The largest absolute Gasteiger partial charge is 0.478 e. The summed E-state index contributed by atoms with van der Waals surface area (Å²) in [7, 11) is 0. The van der Waals surface area contributed by atoms with E-state index in [1.807, 2.05) is 30.3 Å². The maximum Gasteiger partial charge on any atom is 0.335 e. The van der Waals surface area contributed by atoms with Crippen molar-refractivity contribution >= 4 is 11.8 Å². The van der Waals surface area contributed by atoms with E-state index in [2.05, 4.69) is 15.9 Å². The van der Waals surface area contributed by atoms with E-state index in [1.165, 1.54) is 12.1 Å². The zero-order chi connectivity index (χ0) is 14.5. The number of rotatable bonds is 4. The molecule has 1 aromatic heterocycles. The number of pyridine rings is 1. The Kier molecular flexibility index (Phi) is 4.04. The summed E-state index contributed by atoms with van der Waals surface area (Å²) in [6.45, 7) is 0. The van der Waals surface area contributed by atoms with E-state index in [1.54, 1.807) is 0 Å². The molecular weight excluding hydrogens is 258 g/mol. The first kappa shape index (κ1) is 13.7. The smallest absolute Gasteiger partial charge is 0.335 e. The third-order valence-corrected chi connectivity index (χ3v) is 2.60. The fraction of sp³-hybridized carbons (Fsp3) is 0. The zero-order valence-corrected chi connectivity index (χ0v) is 10.4. The Morgan fingerprint density at radius 2 is 1.95 bits per heavy atom. The number of amidine groups is 1. The van der Waals surface area contributed by atoms with E-state index in [0.29, 0.717) is 5.69 Å². The highest BCUT2D eigenvalue weighted by atomic mass is 16.4. The molecule has 20 heavy (non-hydrogen) atoms. The Bertz CT molecular complexity index is 642. The van der Waals surface area contributed by atoms with Crippen LogP contribution in [0.25, 0.3) is 11.3 Å². The van der Waals surface area contributed by atoms with Gasteiger partial charge in [0, 0.05) is 5.56 Å². The van der Waals surface area contributed by atoms with Crippen molar-refractivity contribution in [3.05, 3.63) is 53.7 Å². The number of carbonyl (C=O) groups is 1. The summed E-state index contributed by atoms with van der Waals surface area (Å²) < 4.78 is 0. The fourth-order valence-corrected chi connectivity index (χ4v) is 1.68. The van der Waals surface area contributed by atoms with Crippen molar-refractivity contribution in [1.29, 1.82) is 5.41 Å². The number of aromatic carboxylic acids is 1. The van der Waals surface area contributed by atoms with Crippen molar-refractivity contribution in [3.8, 4) is 11.3 Å². The van der Waals surface area contributed by atoms with Crippen LogP contribution in [0.2, 0.25) is 0 Å². The predicted molar refractivity (Wildman–Crippen MR) is 73.9 cm³/mol. The second-order valence-corrected chi connectivity index (χ2v) is 3.94. The predicted octanol–water partition coefficient (Wildman–Crippen LogP) is 0.740. The summed E-state index contributed by atoms with van der Waals surface area (Å²) in [4.78, 5) is 15.4. The molecule has 1 heterocycles. The number of benzene rings is 1. The molecule has 0 aliphatic heterocycles. The second kappa shape index (κ2) is 5.91. The molecule has 0 amide bonds. The molecule has 6 N–H and O–H groups in total. The number of nitrogens with one attached hydrogen (secondary N) is 3. The molecule has 0 saturated carbocycles. The highest BCUT2D eigenvalue weighted by Gasteiger charge is 2.12. The van der Waals surface area contributed by atoms with E-state index in [-0.39, 0.29) is 17.1 Å². The summed E-state index contributed by atoms with van der Waals surface area (Å²) >= 11 is 0. The van der Waals surface area contributed by atoms with Gasteiger partial charge in [0.1, 0.15) is 5.69 Å². The number of carboxylic acids is 1. The first-order chi connectivity index (χ1) is 9.61. The van der Waals surface area contributed by atoms with Gasteiger partial charge in [-0.1, -0.05) is 30.3 Å². The van der Waals surface area contributed by atoms with Crippen LogP contribution in [0, 0.1) is 5.41 Å². The highest BCUT2D eigenvalue weighted by molar-refractivity contribution is 5.98. The molecule has 7 nitrogen and oxygen atoms in total. The molecule has 0 spiro atoms. The standard InChI is InChI=1S/C13H13N5O2/c14-12(17-18-15)11-7-9(13(19)20)6-10(16-11)8-4-2-1-3-5-8/h1-7,18H,15H2,(H2,14,17)(H,19,20). The Morgan fingerprint density at radius 1 is 1.25 bits per heavy atom. The van der Waals surface area contributed by atoms with Crippen LogP contribution in [0.5, 0.6) is 0 Å². The van der Waals surface area contributed by atoms with Crippen LogP contribution in [-0.4, -0.2) is 21.9 Å². The molecule has 0 aliphatic carbocycles. The van der Waals surface area contributed by atoms with Gasteiger partial charge in [0.15, 0.2) is 5.84 Å². The summed E-state index contributed by atoms with van der Waals surface area (Å²) in [5.74, 6) is 3.87. The number of hydrogen-bond donors (Lipinski definition) is 5. The molecule has 102 valence electrons. The molecule has 0 fully saturated rings. The van der Waals surface area contributed by atoms with Gasteiger partial charge in [0.2, 0.25) is 0 Å². The SMILES string of the molecule is N=C(NNN)c1cc(C(=O)O)cc(-c2ccccc2)n1. The third-order valence-electron chi connectivity index (χ3n) is 2.60. The number of nitrogens with zero attached hydrogens (tertiary/aromatic N) is 1. The van der Waals surface area contributed by atoms with Gasteiger partial charge in [-0.2, -0.15) is 5.53 Å². The van der Waals surface area contributed by atoms with Crippen LogP contribution in [0.4, 0.5) is 0 Å². The van der Waals surface area contributed by atoms with Gasteiger partial charge in [-0.25, -0.2) is 9.78 Å². The Morgan fingerprint density at radius 3 is 2.55 bits per heavy atom. The van der Waals surface area contributed by atoms with Crippen LogP contribution in [0.1, 0.15) is 16.1 Å². The van der Waals surface area contributed by atoms with E-state index >= 15 is 0 Å². The lowest BCUT2D eigenvalue weighted by atomic mass is 10.1. The van der Waals surface area contributed by atoms with E-state index < -0.39 is 5.97 Å². The van der Waals surface area contributed by atoms with E-state index in [4.69, 9.17) is 16.4 Å². The normalized spacial score (nSPS) is 10.1. The summed E-state index contributed by atoms with van der Waals surface area (Å²) in [6.07, 6.45) is 0. The molecule has 0 bridgehead atoms. The number of hydrogen-bond acceptors (Lipinski definition) is 5. The van der Waals surface area contributed by atoms with Crippen LogP contribution < -0.4 is 16.8 Å². The zero-order valence-electron chi connectivity index (χ0n) is 10.4. The summed E-state index contributed by atoms with van der Waals surface area (Å²) in [5.41, 5.74) is 5.95. The average molecular weight is 271 g/mol. The lowest BCUT2D eigenvalue weighted by Crippen LogP contribution is -2.42. The Hall–Kier alpha value is -2.77. The lowest BCUT2D eigenvalue weighted by Gasteiger charge is -2.09. The maximum atomic E-state index is 11.2. The molecule has 7 heteroatoms. The number of nitrogens with two attached hydrogens (primary N) is 1. The van der Waals surface area contributed by atoms with Gasteiger partial charge in [-0.05, 0) is 12.1 Å². The van der Waals surface area contributed by atoms with Crippen molar-refractivity contribution in [2.24, 2.45) is 5.84 Å². The first-order valence-corrected chi connectivity index (χ1v) is 5.73. The molecular formula is C13H13N5O2. The second-order valence-electron chi connectivity index (χ2n) is 3.94. The molecule has 1 aromatic carbocycles. The van der Waals surface area contributed by atoms with Gasteiger partial charge in [0.05, 0.1) is 11.3 Å². The van der Waals surface area contributed by atoms with E-state index in [9.17, 15) is 4.79 Å². The molecule has 0 atom stereocenters. The van der Waals surface area contributed by atoms with Crippen molar-refractivity contribution in [2.45, 2.75) is 0 Å². The van der Waals surface area contributed by atoms with Crippen LogP contribution in [-0.2, 0) is 0 Å². The molecule has 2 aromatic rings. The van der Waals surface area contributed by atoms with Crippen LogP contribution in [0.15, 0.2) is 42.5 Å². The van der Waals surface area contributed by atoms with Crippen molar-refractivity contribution < 1.29 is 9.90 Å². The minimum Gasteiger partial charge on any atom is -0.478 e. The molecule has 2 rings (SSSR count). The van der Waals surface area contributed by atoms with Gasteiger partial charge in [-0.15, -0.1) is 0 Å². The minimum atomic E-state index is -1.08. The van der Waals surface area contributed by atoms with Crippen LogP contribution >= 0.6 is 0 Å². The van der Waals surface area contributed by atoms with Gasteiger partial charge in [-0.3, -0.25) is 16.7 Å². The third kappa shape index (κ3) is 2.97. The quantitative estimate of drug-likeness (QED) is 0.242. The summed E-state index contributed by atoms with van der Waals surface area (Å²) in [5, 5.41) is 16.9. The Balaban J connectivity index is 2.52. The molecule has 0 saturated heterocycles. The Labute approximate surface area is 114 Å². The molecule has 0 unspecified atom stereocenters. The number of hydrazine groups is 2.